The number of hydrogen-bond donors (Lipinski definition) is 2. The average molecular weight is 468 g/mol. The van der Waals surface area contributed by atoms with Gasteiger partial charge in [-0.05, 0) is 49.4 Å². The third kappa shape index (κ3) is 3.21. The second-order valence-corrected chi connectivity index (χ2v) is 9.60. The third-order valence-corrected chi connectivity index (χ3v) is 7.31. The van der Waals surface area contributed by atoms with Crippen molar-refractivity contribution in [3.05, 3.63) is 75.2 Å². The smallest absolute Gasteiger partial charge is 0.262 e. The fraction of sp³-hybridized carbons (Fsp3) is 0.130. The summed E-state index contributed by atoms with van der Waals surface area (Å²) in [6, 6.07) is 12.2. The Labute approximate surface area is 191 Å². The minimum Gasteiger partial charge on any atom is -0.506 e. The van der Waals surface area contributed by atoms with Gasteiger partial charge in [0.2, 0.25) is 0 Å². The lowest BCUT2D eigenvalue weighted by Gasteiger charge is -2.43. The zero-order chi connectivity index (χ0) is 22.6. The first-order valence-corrected chi connectivity index (χ1v) is 11.4. The number of thiophene rings is 1. The molecule has 1 atom stereocenters. The van der Waals surface area contributed by atoms with Crippen molar-refractivity contribution >= 4 is 40.0 Å². The molecule has 0 bridgehead atoms. The number of hydrogen-bond acceptors (Lipinski definition) is 7. The topological polar surface area (TPSA) is 76.9 Å². The number of phenolic OH excluding ortho intramolecular Hbond substituents is 2. The average Bonchev–Trinajstić information content (AvgIpc) is 3.40. The predicted octanol–water partition coefficient (Wildman–Crippen LogP) is 5.53. The van der Waals surface area contributed by atoms with E-state index < -0.39 is 17.9 Å². The summed E-state index contributed by atoms with van der Waals surface area (Å²) >= 11 is 3.03. The molecule has 1 aliphatic heterocycles. The Balaban J connectivity index is 1.70. The first-order chi connectivity index (χ1) is 15.3. The van der Waals surface area contributed by atoms with Crippen molar-refractivity contribution < 1.29 is 19.4 Å². The lowest BCUT2D eigenvalue weighted by atomic mass is 10.0. The van der Waals surface area contributed by atoms with Gasteiger partial charge < -0.3 is 15.1 Å². The van der Waals surface area contributed by atoms with Crippen LogP contribution in [0.25, 0.3) is 10.6 Å². The first-order valence-electron chi connectivity index (χ1n) is 9.74. The number of phenols is 2. The summed E-state index contributed by atoms with van der Waals surface area (Å²) in [7, 11) is 1.80. The summed E-state index contributed by atoms with van der Waals surface area (Å²) in [5, 5.41) is 24.0. The Morgan fingerprint density at radius 1 is 1.09 bits per heavy atom. The molecule has 0 aliphatic carbocycles. The molecule has 1 amide bonds. The predicted molar refractivity (Wildman–Crippen MR) is 124 cm³/mol. The van der Waals surface area contributed by atoms with Crippen molar-refractivity contribution in [3.8, 4) is 22.1 Å². The maximum atomic E-state index is 14.0. The minimum absolute atomic E-state index is 0.0243. The largest absolute Gasteiger partial charge is 0.506 e. The van der Waals surface area contributed by atoms with Crippen LogP contribution in [0.2, 0.25) is 0 Å². The molecule has 2 aromatic carbocycles. The summed E-state index contributed by atoms with van der Waals surface area (Å²) in [6.45, 7) is 1.94. The highest BCUT2D eigenvalue weighted by atomic mass is 32.1. The maximum absolute atomic E-state index is 14.0. The van der Waals surface area contributed by atoms with Gasteiger partial charge in [-0.3, -0.25) is 9.69 Å². The van der Waals surface area contributed by atoms with Gasteiger partial charge in [0, 0.05) is 17.3 Å². The Kier molecular flexibility index (Phi) is 4.87. The maximum Gasteiger partial charge on any atom is 0.262 e. The van der Waals surface area contributed by atoms with Gasteiger partial charge in [-0.2, -0.15) is 0 Å². The molecule has 0 fully saturated rings. The van der Waals surface area contributed by atoms with E-state index in [9.17, 15) is 19.4 Å². The molecular weight excluding hydrogens is 449 g/mol. The van der Waals surface area contributed by atoms with Crippen molar-refractivity contribution in [2.45, 2.75) is 13.1 Å². The fourth-order valence-corrected chi connectivity index (χ4v) is 5.74. The summed E-state index contributed by atoms with van der Waals surface area (Å²) in [4.78, 5) is 23.0. The van der Waals surface area contributed by atoms with Gasteiger partial charge in [0.05, 0.1) is 26.8 Å². The Bertz CT molecular complexity index is 1330. The fourth-order valence-electron chi connectivity index (χ4n) is 3.95. The van der Waals surface area contributed by atoms with Crippen LogP contribution in [0.3, 0.4) is 0 Å². The van der Waals surface area contributed by atoms with Gasteiger partial charge in [-0.1, -0.05) is 6.07 Å². The van der Waals surface area contributed by atoms with Crippen molar-refractivity contribution in [3.63, 3.8) is 0 Å². The molecule has 3 heterocycles. The van der Waals surface area contributed by atoms with Crippen molar-refractivity contribution in [1.82, 2.24) is 4.98 Å². The van der Waals surface area contributed by atoms with E-state index in [1.165, 1.54) is 46.6 Å². The molecule has 4 aromatic rings. The molecule has 1 unspecified atom stereocenters. The zero-order valence-corrected chi connectivity index (χ0v) is 18.7. The summed E-state index contributed by atoms with van der Waals surface area (Å²) in [5.41, 5.74) is 1.54. The van der Waals surface area contributed by atoms with E-state index in [0.717, 1.165) is 20.5 Å². The highest BCUT2D eigenvalue weighted by Gasteiger charge is 2.41. The quantitative estimate of drug-likeness (QED) is 0.415. The summed E-state index contributed by atoms with van der Waals surface area (Å²) in [5.74, 6) is -1.55. The number of aromatic nitrogens is 1. The van der Waals surface area contributed by atoms with E-state index in [0.29, 0.717) is 5.69 Å². The number of benzene rings is 2. The van der Waals surface area contributed by atoms with Crippen LogP contribution in [-0.4, -0.2) is 28.2 Å². The molecule has 162 valence electrons. The molecule has 0 spiro atoms. The van der Waals surface area contributed by atoms with E-state index in [1.54, 1.807) is 24.5 Å². The number of rotatable bonds is 3. The van der Waals surface area contributed by atoms with Crippen molar-refractivity contribution in [2.24, 2.45) is 0 Å². The van der Waals surface area contributed by atoms with E-state index >= 15 is 0 Å². The van der Waals surface area contributed by atoms with Gasteiger partial charge in [0.1, 0.15) is 29.2 Å². The normalized spacial score (nSPS) is 15.8. The number of carbonyl (C=O) groups excluding carboxylic acids is 1. The molecule has 9 heteroatoms. The lowest BCUT2D eigenvalue weighted by Crippen LogP contribution is -2.48. The highest BCUT2D eigenvalue weighted by molar-refractivity contribution is 7.16. The Hall–Kier alpha value is -3.43. The number of amides is 1. The molecule has 32 heavy (non-hydrogen) atoms. The van der Waals surface area contributed by atoms with Crippen LogP contribution in [0.1, 0.15) is 26.4 Å². The molecule has 0 saturated carbocycles. The number of carbonyl (C=O) groups is 1. The molecule has 2 N–H and O–H groups in total. The molecule has 0 radical (unpaired) electrons. The van der Waals surface area contributed by atoms with Gasteiger partial charge in [0.15, 0.2) is 0 Å². The zero-order valence-electron chi connectivity index (χ0n) is 17.1. The van der Waals surface area contributed by atoms with Gasteiger partial charge in [-0.15, -0.1) is 22.7 Å². The monoisotopic (exact) mass is 467 g/mol. The van der Waals surface area contributed by atoms with Crippen LogP contribution in [0.15, 0.2) is 53.9 Å². The number of fused-ring (bicyclic) bond motifs is 1. The summed E-state index contributed by atoms with van der Waals surface area (Å²) < 4.78 is 14.0. The number of halogens is 1. The van der Waals surface area contributed by atoms with Gasteiger partial charge >= 0.3 is 0 Å². The second-order valence-electron chi connectivity index (χ2n) is 7.42. The molecule has 0 saturated heterocycles. The van der Waals surface area contributed by atoms with E-state index in [1.807, 2.05) is 29.3 Å². The highest BCUT2D eigenvalue weighted by Crippen LogP contribution is 2.48. The second kappa shape index (κ2) is 7.61. The number of thiazole rings is 1. The number of nitrogens with zero attached hydrogens (tertiary/aromatic N) is 3. The Morgan fingerprint density at radius 2 is 1.84 bits per heavy atom. The van der Waals surface area contributed by atoms with E-state index in [4.69, 9.17) is 0 Å². The van der Waals surface area contributed by atoms with Gasteiger partial charge in [0.25, 0.3) is 5.91 Å². The Morgan fingerprint density at radius 3 is 2.53 bits per heavy atom. The SMILES string of the molecule is Cc1nc(-c2ccc(C3N(C)c4ccc(F)cc4C(=O)N3c3c(O)cccc3O)s2)cs1. The van der Waals surface area contributed by atoms with E-state index in [-0.39, 0.29) is 22.7 Å². The number of para-hydroxylation sites is 1. The van der Waals surface area contributed by atoms with Crippen LogP contribution in [-0.2, 0) is 0 Å². The van der Waals surface area contributed by atoms with Crippen LogP contribution in [0.4, 0.5) is 15.8 Å². The lowest BCUT2D eigenvalue weighted by molar-refractivity contribution is 0.0968. The molecule has 5 rings (SSSR count). The summed E-state index contributed by atoms with van der Waals surface area (Å²) in [6.07, 6.45) is -0.668. The number of anilines is 2. The minimum atomic E-state index is -0.668. The van der Waals surface area contributed by atoms with Crippen LogP contribution < -0.4 is 9.80 Å². The molecular formula is C23H18FN3O3S2. The molecule has 1 aliphatic rings. The van der Waals surface area contributed by atoms with Crippen LogP contribution in [0.5, 0.6) is 11.5 Å². The number of aryl methyl sites for hydroxylation is 1. The molecule has 2 aromatic heterocycles. The van der Waals surface area contributed by atoms with Crippen LogP contribution in [0, 0.1) is 12.7 Å². The third-order valence-electron chi connectivity index (χ3n) is 5.39. The van der Waals surface area contributed by atoms with E-state index in [2.05, 4.69) is 4.98 Å². The van der Waals surface area contributed by atoms with Crippen LogP contribution >= 0.6 is 22.7 Å². The van der Waals surface area contributed by atoms with Crippen molar-refractivity contribution in [2.75, 3.05) is 16.8 Å². The standard InChI is InChI=1S/C23H18FN3O3S2/c1-12-25-15(11-31-12)19-8-9-20(32-19)22-26(2)16-7-6-13(24)10-14(16)23(30)27(22)21-17(28)4-3-5-18(21)29/h3-11,22,28-29H,1-2H3. The van der Waals surface area contributed by atoms with Gasteiger partial charge in [-0.25, -0.2) is 9.37 Å². The molecule has 6 nitrogen and oxygen atoms in total. The van der Waals surface area contributed by atoms with Crippen molar-refractivity contribution in [1.29, 1.82) is 0 Å². The first kappa shape index (κ1) is 20.5. The number of aromatic hydroxyl groups is 2.